The summed E-state index contributed by atoms with van der Waals surface area (Å²) in [6.07, 6.45) is 1.49. The summed E-state index contributed by atoms with van der Waals surface area (Å²) in [6, 6.07) is 7.56. The Morgan fingerprint density at radius 1 is 1.27 bits per heavy atom. The molecule has 12 heteroatoms. The molecule has 0 aliphatic rings. The van der Waals surface area contributed by atoms with Gasteiger partial charge >= 0.3 is 0 Å². The van der Waals surface area contributed by atoms with Gasteiger partial charge in [0.15, 0.2) is 19.8 Å². The molecule has 0 atom stereocenters. The van der Waals surface area contributed by atoms with E-state index in [-0.39, 0.29) is 0 Å². The number of benzene rings is 1. The number of ether oxygens (including phenoxy) is 1. The number of hydrogen-bond acceptors (Lipinski definition) is 8. The number of carbonyl (C=O) groups excluding carboxylic acids is 2. The van der Waals surface area contributed by atoms with E-state index in [4.69, 9.17) is 4.74 Å². The molecule has 160 valence electrons. The number of carbonyl (C=O) groups is 2. The summed E-state index contributed by atoms with van der Waals surface area (Å²) in [7, 11) is -3.97. The lowest BCUT2D eigenvalue weighted by Crippen LogP contribution is -2.28. The van der Waals surface area contributed by atoms with Gasteiger partial charge in [-0.15, -0.1) is 11.3 Å². The number of aromatic nitrogens is 2. The van der Waals surface area contributed by atoms with Crippen molar-refractivity contribution in [3.63, 3.8) is 0 Å². The molecule has 1 aromatic carbocycles. The first-order chi connectivity index (χ1) is 14.4. The predicted molar refractivity (Wildman–Crippen MR) is 116 cm³/mol. The maximum atomic E-state index is 12.4. The summed E-state index contributed by atoms with van der Waals surface area (Å²) in [5.41, 5.74) is 0.888. The van der Waals surface area contributed by atoms with Crippen LogP contribution in [-0.2, 0) is 30.7 Å². The van der Waals surface area contributed by atoms with Crippen LogP contribution in [0.25, 0.3) is 10.2 Å². The van der Waals surface area contributed by atoms with Crippen molar-refractivity contribution in [1.82, 2.24) is 9.55 Å². The average molecular weight is 469 g/mol. The zero-order chi connectivity index (χ0) is 21.6. The van der Waals surface area contributed by atoms with Gasteiger partial charge < -0.3 is 14.6 Å². The molecule has 2 aromatic heterocycles. The van der Waals surface area contributed by atoms with Crippen LogP contribution in [0, 0.1) is 0 Å². The summed E-state index contributed by atoms with van der Waals surface area (Å²) in [4.78, 5) is 32.5. The number of sulfone groups is 1. The number of nitrogens with one attached hydrogen (secondary N) is 1. The topological polar surface area (TPSA) is 120 Å². The van der Waals surface area contributed by atoms with Crippen molar-refractivity contribution in [3.05, 3.63) is 40.6 Å². The molecular formula is C18H20N4O5S3. The Bertz CT molecular complexity index is 1200. The zero-order valence-corrected chi connectivity index (χ0v) is 18.6. The Hall–Kier alpha value is -2.41. The van der Waals surface area contributed by atoms with E-state index in [1.807, 2.05) is 35.8 Å². The first kappa shape index (κ1) is 22.3. The summed E-state index contributed by atoms with van der Waals surface area (Å²) < 4.78 is 32.7. The van der Waals surface area contributed by atoms with Crippen LogP contribution in [0.4, 0.5) is 5.13 Å². The van der Waals surface area contributed by atoms with Gasteiger partial charge in [-0.2, -0.15) is 4.99 Å². The molecule has 0 aliphatic heterocycles. The van der Waals surface area contributed by atoms with Crippen molar-refractivity contribution in [3.8, 4) is 0 Å². The van der Waals surface area contributed by atoms with Gasteiger partial charge in [0.05, 0.1) is 16.8 Å². The lowest BCUT2D eigenvalue weighted by Gasteiger charge is -2.05. The molecule has 0 fully saturated rings. The smallest absolute Gasteiger partial charge is 0.263 e. The van der Waals surface area contributed by atoms with Crippen LogP contribution >= 0.6 is 22.7 Å². The van der Waals surface area contributed by atoms with E-state index < -0.39 is 33.2 Å². The van der Waals surface area contributed by atoms with Gasteiger partial charge in [0.1, 0.15) is 11.5 Å². The van der Waals surface area contributed by atoms with Crippen molar-refractivity contribution < 1.29 is 22.7 Å². The first-order valence-corrected chi connectivity index (χ1v) is 12.5. The fraction of sp³-hybridized carbons (Fsp3) is 0.333. The normalized spacial score (nSPS) is 12.4. The van der Waals surface area contributed by atoms with Gasteiger partial charge in [-0.3, -0.25) is 9.59 Å². The van der Waals surface area contributed by atoms with Crippen LogP contribution in [-0.4, -0.2) is 54.5 Å². The van der Waals surface area contributed by atoms with Crippen LogP contribution in [0.1, 0.15) is 6.92 Å². The van der Waals surface area contributed by atoms with E-state index in [0.29, 0.717) is 29.7 Å². The molecule has 0 radical (unpaired) electrons. The molecular weight excluding hydrogens is 448 g/mol. The lowest BCUT2D eigenvalue weighted by atomic mass is 10.3. The van der Waals surface area contributed by atoms with Crippen LogP contribution < -0.4 is 10.1 Å². The van der Waals surface area contributed by atoms with Crippen LogP contribution in [0.3, 0.4) is 0 Å². The highest BCUT2D eigenvalue weighted by molar-refractivity contribution is 7.92. The van der Waals surface area contributed by atoms with Gasteiger partial charge in [0.25, 0.3) is 5.91 Å². The predicted octanol–water partition coefficient (Wildman–Crippen LogP) is 1.68. The van der Waals surface area contributed by atoms with Gasteiger partial charge in [-0.05, 0) is 19.1 Å². The van der Waals surface area contributed by atoms with Crippen molar-refractivity contribution in [2.45, 2.75) is 13.5 Å². The third-order valence-electron chi connectivity index (χ3n) is 3.84. The number of nitrogens with zero attached hydrogens (tertiary/aromatic N) is 3. The Balaban J connectivity index is 1.75. The minimum absolute atomic E-state index is 0.298. The van der Waals surface area contributed by atoms with Crippen molar-refractivity contribution in [2.75, 3.05) is 30.0 Å². The van der Waals surface area contributed by atoms with Crippen molar-refractivity contribution in [1.29, 1.82) is 0 Å². The third kappa shape index (κ3) is 6.05. The lowest BCUT2D eigenvalue weighted by molar-refractivity contribution is -0.115. The summed E-state index contributed by atoms with van der Waals surface area (Å²) >= 11 is 2.46. The molecule has 0 saturated heterocycles. The Morgan fingerprint density at radius 3 is 2.80 bits per heavy atom. The highest BCUT2D eigenvalue weighted by Gasteiger charge is 2.21. The standard InChI is InChI=1S/C18H20N4O5S3/c1-2-27-9-8-22-13-5-3-4-6-14(13)29-18(22)21-16(24)12-30(25,26)11-15(23)20-17-19-7-10-28-17/h3-7,10H,2,8-9,11-12H2,1H3,(H,19,20,23). The molecule has 0 unspecified atom stereocenters. The SMILES string of the molecule is CCOCCn1c(=NC(=O)CS(=O)(=O)CC(=O)Nc2nccs2)sc2ccccc21. The second-order valence-corrected chi connectivity index (χ2v) is 10.1. The van der Waals surface area contributed by atoms with E-state index in [1.54, 1.807) is 5.38 Å². The monoisotopic (exact) mass is 468 g/mol. The highest BCUT2D eigenvalue weighted by Crippen LogP contribution is 2.16. The maximum absolute atomic E-state index is 12.4. The molecule has 0 saturated carbocycles. The number of fused-ring (bicyclic) bond motifs is 1. The highest BCUT2D eigenvalue weighted by atomic mass is 32.2. The van der Waals surface area contributed by atoms with E-state index in [9.17, 15) is 18.0 Å². The molecule has 0 aliphatic carbocycles. The molecule has 3 aromatic rings. The zero-order valence-electron chi connectivity index (χ0n) is 16.1. The largest absolute Gasteiger partial charge is 0.380 e. The van der Waals surface area contributed by atoms with E-state index in [1.165, 1.54) is 28.9 Å². The van der Waals surface area contributed by atoms with Crippen molar-refractivity contribution >= 4 is 59.7 Å². The molecule has 1 N–H and O–H groups in total. The number of amides is 2. The van der Waals surface area contributed by atoms with Gasteiger partial charge in [0.2, 0.25) is 5.91 Å². The molecule has 2 amide bonds. The quantitative estimate of drug-likeness (QED) is 0.477. The summed E-state index contributed by atoms with van der Waals surface area (Å²) in [6.45, 7) is 3.37. The van der Waals surface area contributed by atoms with Crippen LogP contribution in [0.2, 0.25) is 0 Å². The number of rotatable bonds is 9. The summed E-state index contributed by atoms with van der Waals surface area (Å²) in [5, 5.41) is 4.34. The Labute approximate surface area is 181 Å². The first-order valence-electron chi connectivity index (χ1n) is 9.01. The van der Waals surface area contributed by atoms with Gasteiger partial charge in [-0.25, -0.2) is 13.4 Å². The Morgan fingerprint density at radius 2 is 2.07 bits per heavy atom. The molecule has 30 heavy (non-hydrogen) atoms. The van der Waals surface area contributed by atoms with Crippen LogP contribution in [0.15, 0.2) is 40.8 Å². The minimum atomic E-state index is -3.97. The van der Waals surface area contributed by atoms with E-state index in [2.05, 4.69) is 15.3 Å². The average Bonchev–Trinajstić information content (AvgIpc) is 3.28. The number of thiazole rings is 2. The molecule has 3 rings (SSSR count). The second kappa shape index (κ2) is 10.1. The molecule has 0 bridgehead atoms. The minimum Gasteiger partial charge on any atom is -0.380 e. The van der Waals surface area contributed by atoms with Gasteiger partial charge in [0, 0.05) is 24.7 Å². The number of anilines is 1. The van der Waals surface area contributed by atoms with E-state index >= 15 is 0 Å². The van der Waals surface area contributed by atoms with Crippen molar-refractivity contribution in [2.24, 2.45) is 4.99 Å². The fourth-order valence-corrected chi connectivity index (χ4v) is 5.27. The molecule has 9 nitrogen and oxygen atoms in total. The molecule has 2 heterocycles. The summed E-state index contributed by atoms with van der Waals surface area (Å²) in [5.74, 6) is -3.23. The maximum Gasteiger partial charge on any atom is 0.263 e. The fourth-order valence-electron chi connectivity index (χ4n) is 2.64. The van der Waals surface area contributed by atoms with Gasteiger partial charge in [-0.1, -0.05) is 23.5 Å². The number of para-hydroxylation sites is 1. The third-order valence-corrected chi connectivity index (χ3v) is 6.98. The van der Waals surface area contributed by atoms with Crippen LogP contribution in [0.5, 0.6) is 0 Å². The van der Waals surface area contributed by atoms with E-state index in [0.717, 1.165) is 10.2 Å². The molecule has 0 spiro atoms. The second-order valence-electron chi connectivity index (χ2n) is 6.12. The Kier molecular flexibility index (Phi) is 7.48. The number of hydrogen-bond donors (Lipinski definition) is 1.